The van der Waals surface area contributed by atoms with E-state index in [1.165, 1.54) is 41.8 Å². The van der Waals surface area contributed by atoms with Crippen LogP contribution in [0.4, 0.5) is 5.13 Å². The Balaban J connectivity index is 0.983. The van der Waals surface area contributed by atoms with Crippen molar-refractivity contribution < 1.29 is 33.5 Å². The van der Waals surface area contributed by atoms with Gasteiger partial charge < -0.3 is 24.9 Å². The Kier molecular flexibility index (Phi) is 17.3. The fraction of sp³-hybridized carbons (Fsp3) is 0.183. The zero-order chi connectivity index (χ0) is 59.9. The minimum atomic E-state index is -2.64. The largest absolute Gasteiger partial charge is 0.457 e. The number of carbonyl (C=O) groups is 4. The molecule has 1 aromatic heterocycles. The van der Waals surface area contributed by atoms with E-state index >= 15 is 14.4 Å². The number of nitrogens with one attached hydrogen (secondary N) is 2. The average molecular weight is 1200 g/mol. The van der Waals surface area contributed by atoms with Gasteiger partial charge in [-0.15, -0.1) is 23.1 Å². The molecule has 15 heteroatoms. The molecule has 8 aromatic carbocycles. The molecule has 12 nitrogen and oxygen atoms in total. The quantitative estimate of drug-likeness (QED) is 0.0189. The Morgan fingerprint density at radius 1 is 0.628 bits per heavy atom. The summed E-state index contributed by atoms with van der Waals surface area (Å²) in [5.74, 6) is -2.38. The Morgan fingerprint density at radius 3 is 1.50 bits per heavy atom. The van der Waals surface area contributed by atoms with Crippen LogP contribution in [-0.2, 0) is 39.0 Å². The highest BCUT2D eigenvalue weighted by Gasteiger charge is 2.57. The fourth-order valence-electron chi connectivity index (χ4n) is 11.0. The number of rotatable bonds is 20. The normalized spacial score (nSPS) is 15.5. The van der Waals surface area contributed by atoms with Gasteiger partial charge in [0.2, 0.25) is 5.60 Å². The standard InChI is InChI=1S/C71H64N5O7PS2/c1-69(2,3)82-67(80)70(4,5)83-75-59(58-48-86-68(72-58)74-71(52-34-18-8-19-35-52,53-36-20-9-21-37-53)54-38-22-10-23-39-54)63(77)73-60-64(78)76-61(66(79)81-62(49-30-14-6-15-31-49)50-32-16-7-17-33-50)51(47-85-65(60)76)46-84(55-40-24-11-25-41-55,56-42-26-12-27-43-56)57-44-28-13-29-45-57/h6-45,48,60,62,65H,46-47H2,1-5H3,(H-,72,73,74,77)/p+1/b75-59+/t60?,65-/m1/s1. The molecule has 0 saturated carbocycles. The number of ether oxygens (including phenoxy) is 2. The maximum atomic E-state index is 15.7. The van der Waals surface area contributed by atoms with Crippen LogP contribution in [0.3, 0.4) is 0 Å². The average Bonchev–Trinajstić information content (AvgIpc) is 0.817. The third-order valence-electron chi connectivity index (χ3n) is 15.1. The first kappa shape index (κ1) is 58.8. The number of anilines is 1. The van der Waals surface area contributed by atoms with E-state index in [2.05, 4.69) is 88.6 Å². The summed E-state index contributed by atoms with van der Waals surface area (Å²) in [4.78, 5) is 72.5. The number of amides is 2. The number of esters is 2. The second-order valence-electron chi connectivity index (χ2n) is 22.4. The third kappa shape index (κ3) is 12.2. The summed E-state index contributed by atoms with van der Waals surface area (Å²) in [5, 5.41) is 15.9. The summed E-state index contributed by atoms with van der Waals surface area (Å²) < 4.78 is 12.4. The number of thioether (sulfide) groups is 1. The lowest BCUT2D eigenvalue weighted by Crippen LogP contribution is -2.71. The van der Waals surface area contributed by atoms with E-state index in [1.807, 2.05) is 170 Å². The van der Waals surface area contributed by atoms with Crippen molar-refractivity contribution in [1.82, 2.24) is 15.2 Å². The van der Waals surface area contributed by atoms with Crippen molar-refractivity contribution in [3.05, 3.63) is 293 Å². The van der Waals surface area contributed by atoms with Crippen LogP contribution in [-0.4, -0.2) is 73.9 Å². The topological polar surface area (TPSA) is 149 Å². The Bertz CT molecular complexity index is 3660. The Hall–Kier alpha value is -8.94. The van der Waals surface area contributed by atoms with Crippen molar-refractivity contribution in [2.75, 3.05) is 17.2 Å². The molecule has 1 unspecified atom stereocenters. The molecule has 2 aliphatic heterocycles. The summed E-state index contributed by atoms with van der Waals surface area (Å²) in [6, 6.07) is 79.3. The summed E-state index contributed by atoms with van der Waals surface area (Å²) in [5.41, 5.74) is 1.51. The highest BCUT2D eigenvalue weighted by Crippen LogP contribution is 2.58. The van der Waals surface area contributed by atoms with E-state index in [-0.39, 0.29) is 17.1 Å². The van der Waals surface area contributed by atoms with E-state index in [9.17, 15) is 4.79 Å². The molecule has 2 aliphatic rings. The van der Waals surface area contributed by atoms with Gasteiger partial charge in [0.1, 0.15) is 57.1 Å². The third-order valence-corrected chi connectivity index (χ3v) is 21.6. The van der Waals surface area contributed by atoms with Gasteiger partial charge in [-0.25, -0.2) is 14.6 Å². The molecule has 1 fully saturated rings. The smallest absolute Gasteiger partial charge is 0.356 e. The van der Waals surface area contributed by atoms with Crippen molar-refractivity contribution >= 4 is 80.9 Å². The molecule has 11 rings (SSSR count). The maximum absolute atomic E-state index is 15.7. The Morgan fingerprint density at radius 2 is 1.06 bits per heavy atom. The van der Waals surface area contributed by atoms with Gasteiger partial charge in [-0.1, -0.05) is 211 Å². The van der Waals surface area contributed by atoms with E-state index in [4.69, 9.17) is 19.3 Å². The molecule has 2 atom stereocenters. The molecule has 0 aliphatic carbocycles. The lowest BCUT2D eigenvalue weighted by molar-refractivity contribution is -0.179. The summed E-state index contributed by atoms with van der Waals surface area (Å²) in [6.07, 6.45) is -0.422. The van der Waals surface area contributed by atoms with Gasteiger partial charge in [0.15, 0.2) is 16.9 Å². The Labute approximate surface area is 510 Å². The van der Waals surface area contributed by atoms with Crippen LogP contribution >= 0.6 is 30.4 Å². The second-order valence-corrected chi connectivity index (χ2v) is 27.9. The molecule has 86 heavy (non-hydrogen) atoms. The van der Waals surface area contributed by atoms with Gasteiger partial charge in [-0.05, 0) is 98.8 Å². The number of oxime groups is 1. The lowest BCUT2D eigenvalue weighted by atomic mass is 9.77. The molecule has 0 spiro atoms. The highest BCUT2D eigenvalue weighted by molar-refractivity contribution is 8.00. The van der Waals surface area contributed by atoms with Crippen LogP contribution in [0.1, 0.15) is 74.2 Å². The first-order valence-corrected chi connectivity index (χ1v) is 32.3. The molecule has 0 radical (unpaired) electrons. The van der Waals surface area contributed by atoms with Crippen LogP contribution in [0.25, 0.3) is 0 Å². The van der Waals surface area contributed by atoms with Crippen molar-refractivity contribution in [3.8, 4) is 0 Å². The van der Waals surface area contributed by atoms with Crippen molar-refractivity contribution in [1.29, 1.82) is 0 Å². The van der Waals surface area contributed by atoms with E-state index in [0.717, 1.165) is 49.3 Å². The molecule has 2 amide bonds. The van der Waals surface area contributed by atoms with Crippen LogP contribution < -0.4 is 26.5 Å². The zero-order valence-electron chi connectivity index (χ0n) is 48.3. The van der Waals surface area contributed by atoms with Gasteiger partial charge in [-0.3, -0.25) is 14.5 Å². The van der Waals surface area contributed by atoms with Crippen molar-refractivity contribution in [2.24, 2.45) is 5.16 Å². The van der Waals surface area contributed by atoms with Gasteiger partial charge in [0.05, 0.1) is 6.16 Å². The fourth-order valence-corrected chi connectivity index (χ4v) is 17.6. The predicted octanol–water partition coefficient (Wildman–Crippen LogP) is 12.4. The molecular weight excluding hydrogens is 1130 g/mol. The molecule has 1 saturated heterocycles. The highest BCUT2D eigenvalue weighted by atomic mass is 32.2. The molecular formula is C71H65N5O7PS2+. The number of β-lactam (4-membered cyclic amide) rings is 1. The monoisotopic (exact) mass is 1190 g/mol. The molecule has 9 aromatic rings. The van der Waals surface area contributed by atoms with Gasteiger partial charge >= 0.3 is 11.9 Å². The van der Waals surface area contributed by atoms with Gasteiger partial charge in [0.25, 0.3) is 11.8 Å². The molecule has 3 heterocycles. The van der Waals surface area contributed by atoms with Crippen molar-refractivity contribution in [2.45, 2.75) is 68.9 Å². The van der Waals surface area contributed by atoms with Crippen LogP contribution in [0.2, 0.25) is 0 Å². The number of nitrogens with zero attached hydrogens (tertiary/aromatic N) is 3. The van der Waals surface area contributed by atoms with Gasteiger partial charge in [0, 0.05) is 16.7 Å². The minimum absolute atomic E-state index is 0.111. The molecule has 2 N–H and O–H groups in total. The van der Waals surface area contributed by atoms with Crippen molar-refractivity contribution in [3.63, 3.8) is 0 Å². The molecule has 432 valence electrons. The van der Waals surface area contributed by atoms with Crippen LogP contribution in [0, 0.1) is 0 Å². The lowest BCUT2D eigenvalue weighted by Gasteiger charge is -2.50. The number of benzene rings is 8. The zero-order valence-corrected chi connectivity index (χ0v) is 50.8. The summed E-state index contributed by atoms with van der Waals surface area (Å²) in [7, 11) is -2.64. The number of hydrogen-bond acceptors (Lipinski definition) is 12. The van der Waals surface area contributed by atoms with E-state index in [0.29, 0.717) is 17.0 Å². The maximum Gasteiger partial charge on any atom is 0.356 e. The predicted molar refractivity (Wildman–Crippen MR) is 345 cm³/mol. The number of hydrogen-bond donors (Lipinski definition) is 2. The minimum Gasteiger partial charge on any atom is -0.457 e. The van der Waals surface area contributed by atoms with Crippen LogP contribution in [0.15, 0.2) is 264 Å². The SMILES string of the molecule is CC(C)(C)OC(=O)C(C)(C)O/N=C(/C(=O)NC1C(=O)N2C(C(=O)OC(c3ccccc3)c3ccccc3)=C(C[P+](c3ccccc3)(c3ccccc3)c3ccccc3)CS[C@H]12)c1csc(NC(c2ccccc2)(c2ccccc2)c2ccccc2)n1. The number of aromatic nitrogens is 1. The number of thiazole rings is 1. The first-order chi connectivity index (χ1) is 41.7. The first-order valence-electron chi connectivity index (χ1n) is 28.4. The van der Waals surface area contributed by atoms with E-state index in [1.54, 1.807) is 26.2 Å². The summed E-state index contributed by atoms with van der Waals surface area (Å²) in [6.45, 7) is 8.25. The van der Waals surface area contributed by atoms with Gasteiger partial charge in [-0.2, -0.15) is 0 Å². The number of fused-ring (bicyclic) bond motifs is 1. The molecule has 0 bridgehead atoms. The van der Waals surface area contributed by atoms with E-state index < -0.39 is 65.3 Å². The summed E-state index contributed by atoms with van der Waals surface area (Å²) >= 11 is 2.71. The number of carbonyl (C=O) groups excluding carboxylic acids is 4. The second kappa shape index (κ2) is 25.3. The van der Waals surface area contributed by atoms with Crippen LogP contribution in [0.5, 0.6) is 0 Å².